The average molecular weight is 217 g/mol. The van der Waals surface area contributed by atoms with Crippen molar-refractivity contribution >= 4 is 5.52 Å². The minimum Gasteiger partial charge on any atom is -0.508 e. The number of hydrogen-bond acceptors (Lipinski definition) is 3. The summed E-state index contributed by atoms with van der Waals surface area (Å²) in [6, 6.07) is 3.98. The van der Waals surface area contributed by atoms with Gasteiger partial charge in [0.25, 0.3) is 0 Å². The summed E-state index contributed by atoms with van der Waals surface area (Å²) in [6.45, 7) is 1.12. The molecule has 1 aliphatic rings. The fourth-order valence-corrected chi connectivity index (χ4v) is 2.35. The zero-order chi connectivity index (χ0) is 11.0. The number of nitrogens with zero attached hydrogens (tertiary/aromatic N) is 2. The van der Waals surface area contributed by atoms with Crippen LogP contribution in [0.5, 0.6) is 5.75 Å². The maximum atomic E-state index is 9.37. The van der Waals surface area contributed by atoms with Crippen molar-refractivity contribution in [3.63, 3.8) is 0 Å². The summed E-state index contributed by atoms with van der Waals surface area (Å²) >= 11 is 0. The van der Waals surface area contributed by atoms with E-state index in [1.165, 1.54) is 12.8 Å². The lowest BCUT2D eigenvalue weighted by Crippen LogP contribution is -2.24. The molecule has 0 saturated carbocycles. The third-order valence-corrected chi connectivity index (χ3v) is 3.18. The highest BCUT2D eigenvalue weighted by atomic mass is 16.3. The van der Waals surface area contributed by atoms with Gasteiger partial charge in [0.2, 0.25) is 0 Å². The molecular formula is C12H15N3O. The van der Waals surface area contributed by atoms with Gasteiger partial charge >= 0.3 is 0 Å². The van der Waals surface area contributed by atoms with Crippen LogP contribution >= 0.6 is 0 Å². The van der Waals surface area contributed by atoms with Crippen LogP contribution in [0.15, 0.2) is 24.5 Å². The highest BCUT2D eigenvalue weighted by Gasteiger charge is 2.16. The van der Waals surface area contributed by atoms with Gasteiger partial charge in [-0.2, -0.15) is 0 Å². The van der Waals surface area contributed by atoms with Crippen LogP contribution in [0.3, 0.4) is 0 Å². The van der Waals surface area contributed by atoms with Gasteiger partial charge in [0.1, 0.15) is 11.6 Å². The number of nitrogens with one attached hydrogen (secondary N) is 1. The summed E-state index contributed by atoms with van der Waals surface area (Å²) in [5, 5.41) is 12.8. The molecule has 1 aliphatic heterocycles. The van der Waals surface area contributed by atoms with Gasteiger partial charge in [0, 0.05) is 24.7 Å². The normalized spacial score (nSPS) is 20.6. The number of aromatic hydroxyl groups is 1. The molecule has 4 heteroatoms. The quantitative estimate of drug-likeness (QED) is 0.798. The Labute approximate surface area is 93.9 Å². The van der Waals surface area contributed by atoms with Gasteiger partial charge in [-0.1, -0.05) is 0 Å². The van der Waals surface area contributed by atoms with Crippen molar-refractivity contribution in [1.82, 2.24) is 14.7 Å². The van der Waals surface area contributed by atoms with E-state index in [0.717, 1.165) is 24.3 Å². The zero-order valence-electron chi connectivity index (χ0n) is 9.06. The lowest BCUT2D eigenvalue weighted by molar-refractivity contribution is 0.475. The van der Waals surface area contributed by atoms with Crippen LogP contribution in [0.2, 0.25) is 0 Å². The largest absolute Gasteiger partial charge is 0.508 e. The van der Waals surface area contributed by atoms with Gasteiger partial charge in [-0.3, -0.25) is 0 Å². The molecule has 1 unspecified atom stereocenters. The Bertz CT molecular complexity index is 500. The van der Waals surface area contributed by atoms with Crippen molar-refractivity contribution in [1.29, 1.82) is 0 Å². The van der Waals surface area contributed by atoms with Gasteiger partial charge in [0.15, 0.2) is 0 Å². The van der Waals surface area contributed by atoms with Crippen LogP contribution in [0.25, 0.3) is 5.52 Å². The Morgan fingerprint density at radius 2 is 2.50 bits per heavy atom. The lowest BCUT2D eigenvalue weighted by atomic mass is 10.1. The van der Waals surface area contributed by atoms with Crippen molar-refractivity contribution in [2.24, 2.45) is 0 Å². The topological polar surface area (TPSA) is 49.6 Å². The number of rotatable bonds is 2. The summed E-state index contributed by atoms with van der Waals surface area (Å²) in [4.78, 5) is 4.41. The lowest BCUT2D eigenvalue weighted by Gasteiger charge is -2.08. The molecule has 2 aromatic rings. The van der Waals surface area contributed by atoms with Crippen molar-refractivity contribution in [2.45, 2.75) is 25.3 Å². The minimum absolute atomic E-state index is 0.290. The van der Waals surface area contributed by atoms with E-state index in [4.69, 9.17) is 0 Å². The van der Waals surface area contributed by atoms with Crippen LogP contribution in [0, 0.1) is 0 Å². The molecule has 1 fully saturated rings. The van der Waals surface area contributed by atoms with Crippen LogP contribution < -0.4 is 5.32 Å². The first kappa shape index (κ1) is 9.66. The molecule has 3 heterocycles. The second kappa shape index (κ2) is 3.79. The Balaban J connectivity index is 1.91. The monoisotopic (exact) mass is 217 g/mol. The molecule has 0 spiro atoms. The van der Waals surface area contributed by atoms with Gasteiger partial charge in [-0.25, -0.2) is 4.98 Å². The highest BCUT2D eigenvalue weighted by Crippen LogP contribution is 2.16. The molecule has 0 radical (unpaired) electrons. The van der Waals surface area contributed by atoms with Crippen LogP contribution in [0.4, 0.5) is 0 Å². The van der Waals surface area contributed by atoms with E-state index in [-0.39, 0.29) is 5.75 Å². The first-order valence-corrected chi connectivity index (χ1v) is 5.71. The molecule has 2 N–H and O–H groups in total. The third-order valence-electron chi connectivity index (χ3n) is 3.18. The fraction of sp³-hybridized carbons (Fsp3) is 0.417. The number of aromatic nitrogens is 2. The maximum absolute atomic E-state index is 9.37. The molecular weight excluding hydrogens is 202 g/mol. The SMILES string of the molecule is Oc1ccn2c(CC3CCCN3)ncc2c1. The van der Waals surface area contributed by atoms with E-state index >= 15 is 0 Å². The molecule has 2 aromatic heterocycles. The van der Waals surface area contributed by atoms with Crippen LogP contribution in [0.1, 0.15) is 18.7 Å². The van der Waals surface area contributed by atoms with Gasteiger partial charge in [-0.15, -0.1) is 0 Å². The fourth-order valence-electron chi connectivity index (χ4n) is 2.35. The molecule has 0 aliphatic carbocycles. The molecule has 84 valence electrons. The first-order chi connectivity index (χ1) is 7.83. The standard InChI is InChI=1S/C12H15N3O/c16-11-3-5-15-10(7-11)8-14-12(15)6-9-2-1-4-13-9/h3,5,7-9,13,16H,1-2,4,6H2. The van der Waals surface area contributed by atoms with E-state index in [9.17, 15) is 5.11 Å². The van der Waals surface area contributed by atoms with Gasteiger partial charge in [-0.05, 0) is 25.5 Å². The Morgan fingerprint density at radius 3 is 3.31 bits per heavy atom. The number of fused-ring (bicyclic) bond motifs is 1. The first-order valence-electron chi connectivity index (χ1n) is 5.71. The van der Waals surface area contributed by atoms with Crippen molar-refractivity contribution in [3.8, 4) is 5.75 Å². The summed E-state index contributed by atoms with van der Waals surface area (Å²) in [5.74, 6) is 1.35. The Hall–Kier alpha value is -1.55. The predicted octanol–water partition coefficient (Wildman–Crippen LogP) is 1.33. The van der Waals surface area contributed by atoms with Crippen molar-refractivity contribution < 1.29 is 5.11 Å². The number of imidazole rings is 1. The van der Waals surface area contributed by atoms with E-state index < -0.39 is 0 Å². The molecule has 3 rings (SSSR count). The number of hydrogen-bond donors (Lipinski definition) is 2. The molecule has 1 saturated heterocycles. The van der Waals surface area contributed by atoms with E-state index in [1.54, 1.807) is 12.1 Å². The van der Waals surface area contributed by atoms with E-state index in [2.05, 4.69) is 10.3 Å². The van der Waals surface area contributed by atoms with Crippen LogP contribution in [-0.4, -0.2) is 27.1 Å². The number of pyridine rings is 1. The summed E-state index contributed by atoms with van der Waals surface area (Å²) in [7, 11) is 0. The molecule has 1 atom stereocenters. The smallest absolute Gasteiger partial charge is 0.119 e. The van der Waals surface area contributed by atoms with E-state index in [1.807, 2.05) is 16.8 Å². The van der Waals surface area contributed by atoms with Gasteiger partial charge in [0.05, 0.1) is 11.7 Å². The molecule has 0 bridgehead atoms. The summed E-state index contributed by atoms with van der Waals surface area (Å²) in [5.41, 5.74) is 0.952. The predicted molar refractivity (Wildman–Crippen MR) is 61.6 cm³/mol. The maximum Gasteiger partial charge on any atom is 0.119 e. The second-order valence-electron chi connectivity index (χ2n) is 4.35. The van der Waals surface area contributed by atoms with Crippen LogP contribution in [-0.2, 0) is 6.42 Å². The van der Waals surface area contributed by atoms with Gasteiger partial charge < -0.3 is 14.8 Å². The minimum atomic E-state index is 0.290. The summed E-state index contributed by atoms with van der Waals surface area (Å²) < 4.78 is 2.04. The zero-order valence-corrected chi connectivity index (χ0v) is 9.06. The Kier molecular flexibility index (Phi) is 2.29. The summed E-state index contributed by atoms with van der Waals surface area (Å²) in [6.07, 6.45) is 7.13. The van der Waals surface area contributed by atoms with Crippen molar-refractivity contribution in [2.75, 3.05) is 6.54 Å². The molecule has 0 amide bonds. The average Bonchev–Trinajstić information content (AvgIpc) is 2.89. The molecule has 4 nitrogen and oxygen atoms in total. The molecule has 0 aromatic carbocycles. The van der Waals surface area contributed by atoms with Crippen molar-refractivity contribution in [3.05, 3.63) is 30.4 Å². The third kappa shape index (κ3) is 1.65. The second-order valence-corrected chi connectivity index (χ2v) is 4.35. The molecule has 16 heavy (non-hydrogen) atoms. The highest BCUT2D eigenvalue weighted by molar-refractivity contribution is 5.50. The Morgan fingerprint density at radius 1 is 1.56 bits per heavy atom. The van der Waals surface area contributed by atoms with E-state index in [0.29, 0.717) is 6.04 Å².